The molecule has 1 atom stereocenters. The van der Waals surface area contributed by atoms with Crippen molar-refractivity contribution in [3.63, 3.8) is 0 Å². The fraction of sp³-hybridized carbons (Fsp3) is 0.417. The molecule has 0 bridgehead atoms. The van der Waals surface area contributed by atoms with E-state index in [9.17, 15) is 13.6 Å². The molecule has 0 heterocycles. The Kier molecular flexibility index (Phi) is 4.87. The van der Waals surface area contributed by atoms with Gasteiger partial charge in [0, 0.05) is 11.4 Å². The van der Waals surface area contributed by atoms with Gasteiger partial charge in [0.1, 0.15) is 0 Å². The highest BCUT2D eigenvalue weighted by Crippen LogP contribution is 2.23. The van der Waals surface area contributed by atoms with Gasteiger partial charge in [-0.05, 0) is 36.5 Å². The normalized spacial score (nSPS) is 12.5. The maximum atomic E-state index is 13.0. The van der Waals surface area contributed by atoms with Gasteiger partial charge in [0.2, 0.25) is 0 Å². The van der Waals surface area contributed by atoms with Gasteiger partial charge in [-0.15, -0.1) is 0 Å². The van der Waals surface area contributed by atoms with Crippen LogP contribution in [-0.2, 0) is 11.2 Å². The molecule has 0 aliphatic rings. The van der Waals surface area contributed by atoms with Crippen LogP contribution in [0, 0.1) is 17.6 Å². The van der Waals surface area contributed by atoms with Crippen LogP contribution >= 0.6 is 11.6 Å². The van der Waals surface area contributed by atoms with Gasteiger partial charge in [0.05, 0.1) is 0 Å². The Balaban J connectivity index is 2.63. The van der Waals surface area contributed by atoms with E-state index in [-0.39, 0.29) is 17.4 Å². The van der Waals surface area contributed by atoms with E-state index in [0.717, 1.165) is 12.1 Å². The van der Waals surface area contributed by atoms with Gasteiger partial charge in [0.25, 0.3) is 0 Å². The molecule has 1 unspecified atom stereocenters. The van der Waals surface area contributed by atoms with Crippen LogP contribution in [0.25, 0.3) is 0 Å². The van der Waals surface area contributed by atoms with Crippen LogP contribution in [0.3, 0.4) is 0 Å². The molecule has 94 valence electrons. The number of aliphatic carboxylic acids is 1. The first kappa shape index (κ1) is 13.9. The Morgan fingerprint density at radius 2 is 2.00 bits per heavy atom. The Labute approximate surface area is 103 Å². The lowest BCUT2D eigenvalue weighted by Crippen LogP contribution is -2.05. The first-order valence-electron chi connectivity index (χ1n) is 5.25. The highest BCUT2D eigenvalue weighted by molar-refractivity contribution is 6.31. The number of rotatable bonds is 5. The van der Waals surface area contributed by atoms with Crippen molar-refractivity contribution in [3.05, 3.63) is 34.4 Å². The molecule has 0 aliphatic carbocycles. The van der Waals surface area contributed by atoms with Crippen LogP contribution in [0.4, 0.5) is 8.78 Å². The van der Waals surface area contributed by atoms with Crippen LogP contribution in [0.1, 0.15) is 25.3 Å². The number of carboxylic acid groups (broad SMARTS) is 1. The van der Waals surface area contributed by atoms with Crippen LogP contribution in [0.15, 0.2) is 12.1 Å². The Bertz CT molecular complexity index is 421. The minimum atomic E-state index is -0.975. The van der Waals surface area contributed by atoms with Gasteiger partial charge in [-0.25, -0.2) is 8.78 Å². The molecule has 0 amide bonds. The van der Waals surface area contributed by atoms with Crippen LogP contribution in [0.5, 0.6) is 0 Å². The molecule has 1 aromatic rings. The van der Waals surface area contributed by atoms with E-state index >= 15 is 0 Å². The molecule has 0 saturated heterocycles. The van der Waals surface area contributed by atoms with E-state index in [2.05, 4.69) is 0 Å². The Hall–Kier alpha value is -1.16. The summed E-state index contributed by atoms with van der Waals surface area (Å²) in [5, 5.41) is 8.75. The quantitative estimate of drug-likeness (QED) is 0.822. The molecule has 0 fully saturated rings. The number of hydrogen-bond acceptors (Lipinski definition) is 1. The summed E-state index contributed by atoms with van der Waals surface area (Å²) in [5.74, 6) is -2.81. The topological polar surface area (TPSA) is 37.3 Å². The summed E-state index contributed by atoms with van der Waals surface area (Å²) in [7, 11) is 0. The second-order valence-electron chi connectivity index (χ2n) is 4.10. The van der Waals surface area contributed by atoms with Crippen LogP contribution < -0.4 is 0 Å². The zero-order chi connectivity index (χ0) is 13.0. The van der Waals surface area contributed by atoms with E-state index in [0.29, 0.717) is 18.4 Å². The fourth-order valence-electron chi connectivity index (χ4n) is 1.56. The average Bonchev–Trinajstić information content (AvgIpc) is 2.20. The summed E-state index contributed by atoms with van der Waals surface area (Å²) in [6.45, 7) is 1.79. The highest BCUT2D eigenvalue weighted by Gasteiger charge is 2.11. The van der Waals surface area contributed by atoms with Crippen molar-refractivity contribution in [1.82, 2.24) is 0 Å². The third-order valence-corrected chi connectivity index (χ3v) is 2.87. The maximum absolute atomic E-state index is 13.0. The lowest BCUT2D eigenvalue weighted by Gasteiger charge is -2.09. The number of benzene rings is 1. The van der Waals surface area contributed by atoms with E-state index in [4.69, 9.17) is 16.7 Å². The van der Waals surface area contributed by atoms with Crippen molar-refractivity contribution in [2.24, 2.45) is 5.92 Å². The fourth-order valence-corrected chi connectivity index (χ4v) is 1.80. The third-order valence-electron chi connectivity index (χ3n) is 2.52. The van der Waals surface area contributed by atoms with Crippen molar-refractivity contribution in [1.29, 1.82) is 0 Å². The Morgan fingerprint density at radius 3 is 2.59 bits per heavy atom. The summed E-state index contributed by atoms with van der Waals surface area (Å²) in [5.41, 5.74) is 0.503. The van der Waals surface area contributed by atoms with Crippen LogP contribution in [0.2, 0.25) is 5.02 Å². The smallest absolute Gasteiger partial charge is 0.303 e. The Morgan fingerprint density at radius 1 is 1.41 bits per heavy atom. The van der Waals surface area contributed by atoms with Gasteiger partial charge >= 0.3 is 5.97 Å². The van der Waals surface area contributed by atoms with Gasteiger partial charge < -0.3 is 5.11 Å². The van der Waals surface area contributed by atoms with E-state index in [1.807, 2.05) is 0 Å². The molecule has 1 N–H and O–H groups in total. The second kappa shape index (κ2) is 5.96. The minimum Gasteiger partial charge on any atom is -0.481 e. The van der Waals surface area contributed by atoms with Gasteiger partial charge in [-0.1, -0.05) is 18.5 Å². The summed E-state index contributed by atoms with van der Waals surface area (Å²) >= 11 is 5.77. The van der Waals surface area contributed by atoms with Crippen molar-refractivity contribution < 1.29 is 18.7 Å². The summed E-state index contributed by atoms with van der Waals surface area (Å²) < 4.78 is 25.8. The lowest BCUT2D eigenvalue weighted by atomic mass is 9.98. The SMILES string of the molecule is CC(CCc1cc(F)c(F)cc1Cl)CC(=O)O. The zero-order valence-corrected chi connectivity index (χ0v) is 10.1. The van der Waals surface area contributed by atoms with E-state index in [1.165, 1.54) is 0 Å². The molecule has 1 rings (SSSR count). The summed E-state index contributed by atoms with van der Waals surface area (Å²) in [6, 6.07) is 2.00. The van der Waals surface area contributed by atoms with Crippen molar-refractivity contribution in [3.8, 4) is 0 Å². The highest BCUT2D eigenvalue weighted by atomic mass is 35.5. The third kappa shape index (κ3) is 4.30. The zero-order valence-electron chi connectivity index (χ0n) is 9.34. The van der Waals surface area contributed by atoms with Gasteiger partial charge in [-0.3, -0.25) is 4.79 Å². The standard InChI is InChI=1S/C12H13ClF2O2/c1-7(4-12(16)17)2-3-8-5-10(14)11(15)6-9(8)13/h5-7H,2-4H2,1H3,(H,16,17). The van der Waals surface area contributed by atoms with Crippen molar-refractivity contribution >= 4 is 17.6 Å². The number of hydrogen-bond donors (Lipinski definition) is 1. The lowest BCUT2D eigenvalue weighted by molar-refractivity contribution is -0.138. The predicted molar refractivity (Wildman–Crippen MR) is 61.1 cm³/mol. The molecule has 0 aromatic heterocycles. The first-order chi connectivity index (χ1) is 7.90. The molecule has 5 heteroatoms. The number of carboxylic acids is 1. The molecule has 2 nitrogen and oxygen atoms in total. The van der Waals surface area contributed by atoms with Crippen LogP contribution in [-0.4, -0.2) is 11.1 Å². The summed E-state index contributed by atoms with van der Waals surface area (Å²) in [4.78, 5) is 10.5. The largest absolute Gasteiger partial charge is 0.481 e. The summed E-state index contributed by atoms with van der Waals surface area (Å²) in [6.07, 6.45) is 1.06. The molecule has 17 heavy (non-hydrogen) atoms. The minimum absolute atomic E-state index is 0.0309. The molecular formula is C12H13ClF2O2. The predicted octanol–water partition coefficient (Wildman–Crippen LogP) is 3.66. The molecular weight excluding hydrogens is 250 g/mol. The van der Waals surface area contributed by atoms with E-state index < -0.39 is 17.6 Å². The van der Waals surface area contributed by atoms with Crippen molar-refractivity contribution in [2.45, 2.75) is 26.2 Å². The molecule has 1 aromatic carbocycles. The molecule has 0 saturated carbocycles. The molecule has 0 radical (unpaired) electrons. The van der Waals surface area contributed by atoms with Crippen molar-refractivity contribution in [2.75, 3.05) is 0 Å². The number of carbonyl (C=O) groups is 1. The van der Waals surface area contributed by atoms with Gasteiger partial charge in [0.15, 0.2) is 11.6 Å². The van der Waals surface area contributed by atoms with E-state index in [1.54, 1.807) is 6.92 Å². The average molecular weight is 263 g/mol. The molecule has 0 spiro atoms. The number of halogens is 3. The van der Waals surface area contributed by atoms with Gasteiger partial charge in [-0.2, -0.15) is 0 Å². The molecule has 0 aliphatic heterocycles. The monoisotopic (exact) mass is 262 g/mol. The first-order valence-corrected chi connectivity index (χ1v) is 5.63. The maximum Gasteiger partial charge on any atom is 0.303 e. The number of aryl methyl sites for hydroxylation is 1. The second-order valence-corrected chi connectivity index (χ2v) is 4.51.